The number of nitrogens with zero attached hydrogens (tertiary/aromatic N) is 3. The van der Waals surface area contributed by atoms with E-state index in [1.807, 2.05) is 6.07 Å². The molecule has 10 rings (SSSR count). The van der Waals surface area contributed by atoms with E-state index in [4.69, 9.17) is 15.0 Å². The minimum absolute atomic E-state index is 0.265. The highest BCUT2D eigenvalue weighted by atomic mass is 15.1. The Morgan fingerprint density at radius 2 is 0.911 bits per heavy atom. The van der Waals surface area contributed by atoms with Crippen LogP contribution in [-0.2, 0) is 10.8 Å². The van der Waals surface area contributed by atoms with Crippen LogP contribution in [0.2, 0.25) is 0 Å². The molecule has 4 aliphatic rings. The van der Waals surface area contributed by atoms with Crippen LogP contribution in [0.3, 0.4) is 0 Å². The van der Waals surface area contributed by atoms with Gasteiger partial charge in [-0.2, -0.15) is 0 Å². The first-order valence-corrected chi connectivity index (χ1v) is 16.4. The van der Waals surface area contributed by atoms with Crippen molar-refractivity contribution in [3.8, 4) is 22.8 Å². The molecule has 0 spiro atoms. The van der Waals surface area contributed by atoms with Crippen LogP contribution in [-0.4, -0.2) is 15.0 Å². The quantitative estimate of drug-likeness (QED) is 0.208. The summed E-state index contributed by atoms with van der Waals surface area (Å²) in [6.07, 6.45) is 6.59. The molecule has 218 valence electrons. The van der Waals surface area contributed by atoms with Gasteiger partial charge in [0.2, 0.25) is 0 Å². The Morgan fingerprint density at radius 3 is 1.42 bits per heavy atom. The van der Waals surface area contributed by atoms with Gasteiger partial charge < -0.3 is 0 Å². The Bertz CT molecular complexity index is 1940. The van der Waals surface area contributed by atoms with Gasteiger partial charge in [-0.05, 0) is 64.6 Å². The zero-order valence-electron chi connectivity index (χ0n) is 25.6. The van der Waals surface area contributed by atoms with Gasteiger partial charge in [-0.3, -0.25) is 0 Å². The van der Waals surface area contributed by atoms with Crippen molar-refractivity contribution in [2.45, 2.75) is 55.8 Å². The van der Waals surface area contributed by atoms with Gasteiger partial charge in [0.15, 0.2) is 17.5 Å². The predicted molar refractivity (Wildman–Crippen MR) is 180 cm³/mol. The van der Waals surface area contributed by atoms with Crippen molar-refractivity contribution in [1.82, 2.24) is 15.0 Å². The second kappa shape index (κ2) is 10.1. The zero-order valence-corrected chi connectivity index (χ0v) is 25.6. The summed E-state index contributed by atoms with van der Waals surface area (Å²) in [4.78, 5) is 16.0. The van der Waals surface area contributed by atoms with Crippen LogP contribution >= 0.6 is 0 Å². The van der Waals surface area contributed by atoms with E-state index in [2.05, 4.69) is 128 Å². The summed E-state index contributed by atoms with van der Waals surface area (Å²) >= 11 is 0. The molecule has 5 aromatic carbocycles. The second-order valence-corrected chi connectivity index (χ2v) is 13.1. The molecule has 3 heteroatoms. The van der Waals surface area contributed by atoms with E-state index < -0.39 is 5.41 Å². The lowest BCUT2D eigenvalue weighted by molar-refractivity contribution is 0.443. The van der Waals surface area contributed by atoms with E-state index in [-0.39, 0.29) is 5.41 Å². The number of aromatic nitrogens is 3. The summed E-state index contributed by atoms with van der Waals surface area (Å²) in [5.74, 6) is 2.85. The molecule has 1 aromatic heterocycles. The van der Waals surface area contributed by atoms with Crippen molar-refractivity contribution >= 4 is 0 Å². The fourth-order valence-corrected chi connectivity index (χ4v) is 8.70. The Balaban J connectivity index is 1.33. The van der Waals surface area contributed by atoms with E-state index in [9.17, 15) is 0 Å². The maximum atomic E-state index is 5.46. The monoisotopic (exact) mass is 581 g/mol. The molecule has 2 bridgehead atoms. The standard InChI is InChI=1S/C42H35N3/c1-41-32-18-8-11-21-35(32)42(36-22-12-9-19-33(36)41,37-23-13-10-20-34(37)41)40-44-38(30-16-6-3-7-17-30)43-39(45-40)31-26-24-29(25-27-31)28-14-4-2-5-15-28/h3,6-13,16-28H,2,4-5,14-15H2,1H3. The molecule has 0 aliphatic heterocycles. The molecule has 3 nitrogen and oxygen atoms in total. The molecular formula is C42H35N3. The normalized spacial score (nSPS) is 21.5. The summed E-state index contributed by atoms with van der Waals surface area (Å²) in [5.41, 5.74) is 10.2. The van der Waals surface area contributed by atoms with Gasteiger partial charge in [0.05, 0.1) is 0 Å². The van der Waals surface area contributed by atoms with Crippen LogP contribution < -0.4 is 0 Å². The predicted octanol–water partition coefficient (Wildman–Crippen LogP) is 9.62. The molecule has 0 saturated heterocycles. The highest BCUT2D eigenvalue weighted by Gasteiger charge is 2.59. The minimum Gasteiger partial charge on any atom is -0.211 e. The number of hydrogen-bond donors (Lipinski definition) is 0. The fourth-order valence-electron chi connectivity index (χ4n) is 8.70. The lowest BCUT2D eigenvalue weighted by Gasteiger charge is -2.54. The van der Waals surface area contributed by atoms with Crippen LogP contribution in [0, 0.1) is 0 Å². The molecule has 4 aliphatic carbocycles. The van der Waals surface area contributed by atoms with E-state index in [1.54, 1.807) is 0 Å². The third kappa shape index (κ3) is 3.73. The maximum Gasteiger partial charge on any atom is 0.163 e. The van der Waals surface area contributed by atoms with Gasteiger partial charge in [-0.25, -0.2) is 15.0 Å². The number of rotatable bonds is 4. The molecule has 6 aromatic rings. The number of hydrogen-bond acceptors (Lipinski definition) is 3. The Kier molecular flexibility index (Phi) is 5.93. The summed E-state index contributed by atoms with van der Waals surface area (Å²) in [6.45, 7) is 2.38. The van der Waals surface area contributed by atoms with E-state index in [0.29, 0.717) is 11.7 Å². The van der Waals surface area contributed by atoms with Gasteiger partial charge in [-0.1, -0.05) is 147 Å². The second-order valence-electron chi connectivity index (χ2n) is 13.1. The van der Waals surface area contributed by atoms with Crippen molar-refractivity contribution in [2.75, 3.05) is 0 Å². The summed E-state index contributed by atoms with van der Waals surface area (Å²) in [5, 5.41) is 0. The first-order chi connectivity index (χ1) is 22.2. The molecule has 0 atom stereocenters. The zero-order chi connectivity index (χ0) is 30.0. The van der Waals surface area contributed by atoms with Crippen molar-refractivity contribution in [2.24, 2.45) is 0 Å². The molecule has 1 saturated carbocycles. The van der Waals surface area contributed by atoms with Crippen LogP contribution in [0.25, 0.3) is 22.8 Å². The van der Waals surface area contributed by atoms with E-state index in [0.717, 1.165) is 22.8 Å². The van der Waals surface area contributed by atoms with Gasteiger partial charge >= 0.3 is 0 Å². The highest BCUT2D eigenvalue weighted by Crippen LogP contribution is 2.63. The first kappa shape index (κ1) is 26.5. The van der Waals surface area contributed by atoms with Gasteiger partial charge in [0.1, 0.15) is 5.41 Å². The van der Waals surface area contributed by atoms with Crippen LogP contribution in [0.1, 0.15) is 89.7 Å². The lowest BCUT2D eigenvalue weighted by atomic mass is 9.47. The third-order valence-electron chi connectivity index (χ3n) is 10.9. The lowest BCUT2D eigenvalue weighted by Crippen LogP contribution is -2.50. The van der Waals surface area contributed by atoms with Gasteiger partial charge in [-0.15, -0.1) is 0 Å². The average molecular weight is 582 g/mol. The molecule has 0 radical (unpaired) electrons. The highest BCUT2D eigenvalue weighted by molar-refractivity contribution is 5.78. The van der Waals surface area contributed by atoms with Gasteiger partial charge in [0.25, 0.3) is 0 Å². The molecular weight excluding hydrogens is 546 g/mol. The van der Waals surface area contributed by atoms with Crippen molar-refractivity contribution in [3.05, 3.63) is 172 Å². The van der Waals surface area contributed by atoms with Crippen LogP contribution in [0.4, 0.5) is 0 Å². The fraction of sp³-hybridized carbons (Fsp3) is 0.214. The summed E-state index contributed by atoms with van der Waals surface area (Å²) in [7, 11) is 0. The molecule has 45 heavy (non-hydrogen) atoms. The summed E-state index contributed by atoms with van der Waals surface area (Å²) in [6, 6.07) is 46.2. The van der Waals surface area contributed by atoms with E-state index in [1.165, 1.54) is 71.0 Å². The van der Waals surface area contributed by atoms with E-state index >= 15 is 0 Å². The van der Waals surface area contributed by atoms with Gasteiger partial charge in [0, 0.05) is 16.5 Å². The molecule has 1 heterocycles. The van der Waals surface area contributed by atoms with Crippen LogP contribution in [0.15, 0.2) is 127 Å². The Hall–Kier alpha value is -4.89. The summed E-state index contributed by atoms with van der Waals surface area (Å²) < 4.78 is 0. The molecule has 0 unspecified atom stereocenters. The molecule has 1 fully saturated rings. The smallest absolute Gasteiger partial charge is 0.163 e. The molecule has 0 amide bonds. The topological polar surface area (TPSA) is 38.7 Å². The van der Waals surface area contributed by atoms with Crippen molar-refractivity contribution < 1.29 is 0 Å². The average Bonchev–Trinajstić information content (AvgIpc) is 3.13. The maximum absolute atomic E-state index is 5.46. The van der Waals surface area contributed by atoms with Crippen molar-refractivity contribution in [1.29, 1.82) is 0 Å². The third-order valence-corrected chi connectivity index (χ3v) is 10.9. The Labute approximate surface area is 265 Å². The largest absolute Gasteiger partial charge is 0.211 e. The SMILES string of the molecule is CC12c3ccccc3C(c3nc(-c4ccccc4)nc(-c4ccc(C5CCCCC5)cc4)n3)(c3ccccc31)c1ccccc12. The Morgan fingerprint density at radius 1 is 0.467 bits per heavy atom. The first-order valence-electron chi connectivity index (χ1n) is 16.4. The molecule has 0 N–H and O–H groups in total. The van der Waals surface area contributed by atoms with Crippen molar-refractivity contribution in [3.63, 3.8) is 0 Å². The minimum atomic E-state index is -0.676. The number of benzene rings is 5. The van der Waals surface area contributed by atoms with Crippen LogP contribution in [0.5, 0.6) is 0 Å².